The first-order chi connectivity index (χ1) is 11.2. The van der Waals surface area contributed by atoms with E-state index < -0.39 is 5.60 Å². The predicted molar refractivity (Wildman–Crippen MR) is 82.9 cm³/mol. The summed E-state index contributed by atoms with van der Waals surface area (Å²) in [4.78, 5) is 19.2. The van der Waals surface area contributed by atoms with Gasteiger partial charge in [0.15, 0.2) is 5.82 Å². The zero-order valence-electron chi connectivity index (χ0n) is 13.5. The van der Waals surface area contributed by atoms with Gasteiger partial charge in [0.1, 0.15) is 5.60 Å². The molecule has 0 spiro atoms. The highest BCUT2D eigenvalue weighted by Crippen LogP contribution is 2.40. The fraction of sp³-hybridized carbons (Fsp3) is 0.824. The summed E-state index contributed by atoms with van der Waals surface area (Å²) in [5, 5.41) is 14.8. The van der Waals surface area contributed by atoms with Gasteiger partial charge < -0.3 is 14.5 Å². The van der Waals surface area contributed by atoms with Crippen molar-refractivity contribution in [1.29, 1.82) is 0 Å². The van der Waals surface area contributed by atoms with E-state index in [9.17, 15) is 9.90 Å². The minimum atomic E-state index is -1.14. The molecule has 126 valence electrons. The Bertz CT molecular complexity index is 575. The summed E-state index contributed by atoms with van der Waals surface area (Å²) in [6, 6.07) is 0. The largest absolute Gasteiger partial charge is 0.380 e. The van der Waals surface area contributed by atoms with Gasteiger partial charge >= 0.3 is 0 Å². The Balaban J connectivity index is 1.44. The molecule has 2 saturated carbocycles. The number of carbonyl (C=O) groups excluding carboxylic acids is 1. The molecule has 6 heteroatoms. The van der Waals surface area contributed by atoms with Crippen molar-refractivity contribution in [3.05, 3.63) is 11.7 Å². The number of hydrogen-bond donors (Lipinski definition) is 1. The van der Waals surface area contributed by atoms with Gasteiger partial charge in [0.25, 0.3) is 5.91 Å². The summed E-state index contributed by atoms with van der Waals surface area (Å²) in [5.41, 5.74) is -1.14. The molecule has 1 unspecified atom stereocenters. The lowest BCUT2D eigenvalue weighted by Gasteiger charge is -2.39. The minimum Gasteiger partial charge on any atom is -0.380 e. The van der Waals surface area contributed by atoms with Crippen LogP contribution in [0.3, 0.4) is 0 Å². The van der Waals surface area contributed by atoms with Gasteiger partial charge in [0.2, 0.25) is 5.89 Å². The first-order valence-corrected chi connectivity index (χ1v) is 9.01. The van der Waals surface area contributed by atoms with Crippen LogP contribution in [-0.2, 0) is 4.79 Å². The van der Waals surface area contributed by atoms with E-state index in [2.05, 4.69) is 10.1 Å². The molecular formula is C17H25N3O3. The van der Waals surface area contributed by atoms with Gasteiger partial charge in [-0.2, -0.15) is 4.98 Å². The molecule has 1 aliphatic heterocycles. The lowest BCUT2D eigenvalue weighted by Crippen LogP contribution is -2.52. The summed E-state index contributed by atoms with van der Waals surface area (Å²) in [7, 11) is 0. The molecule has 1 aromatic rings. The molecule has 1 amide bonds. The van der Waals surface area contributed by atoms with Crippen LogP contribution in [0.2, 0.25) is 0 Å². The van der Waals surface area contributed by atoms with Crippen LogP contribution in [0.1, 0.15) is 81.3 Å². The maximum absolute atomic E-state index is 12.8. The van der Waals surface area contributed by atoms with Crippen molar-refractivity contribution in [2.45, 2.75) is 75.2 Å². The first-order valence-electron chi connectivity index (χ1n) is 9.01. The molecule has 6 nitrogen and oxygen atoms in total. The second-order valence-electron chi connectivity index (χ2n) is 7.45. The molecular weight excluding hydrogens is 294 g/mol. The molecule has 2 aliphatic carbocycles. The Hall–Kier alpha value is -1.43. The summed E-state index contributed by atoms with van der Waals surface area (Å²) >= 11 is 0. The molecule has 1 N–H and O–H groups in total. The molecule has 1 aromatic heterocycles. The maximum Gasteiger partial charge on any atom is 0.254 e. The van der Waals surface area contributed by atoms with E-state index in [1.165, 1.54) is 0 Å². The van der Waals surface area contributed by atoms with E-state index in [1.54, 1.807) is 0 Å². The lowest BCUT2D eigenvalue weighted by atomic mass is 9.83. The van der Waals surface area contributed by atoms with E-state index in [0.717, 1.165) is 63.2 Å². The standard InChI is InChI=1S/C17H25N3O3/c21-16(17(22)8-2-1-3-9-17)20-10-4-5-13(11-20)14-18-15(23-19-14)12-6-7-12/h12-13,22H,1-11H2. The Morgan fingerprint density at radius 3 is 2.65 bits per heavy atom. The van der Waals surface area contributed by atoms with Gasteiger partial charge in [0, 0.05) is 24.9 Å². The Morgan fingerprint density at radius 1 is 1.13 bits per heavy atom. The number of hydrogen-bond acceptors (Lipinski definition) is 5. The van der Waals surface area contributed by atoms with E-state index in [-0.39, 0.29) is 11.8 Å². The van der Waals surface area contributed by atoms with Crippen molar-refractivity contribution in [3.8, 4) is 0 Å². The second kappa shape index (κ2) is 5.89. The third-order valence-electron chi connectivity index (χ3n) is 5.54. The third kappa shape index (κ3) is 3.01. The summed E-state index contributed by atoms with van der Waals surface area (Å²) < 4.78 is 5.36. The monoisotopic (exact) mass is 319 g/mol. The van der Waals surface area contributed by atoms with Crippen molar-refractivity contribution >= 4 is 5.91 Å². The van der Waals surface area contributed by atoms with Crippen LogP contribution in [0, 0.1) is 0 Å². The van der Waals surface area contributed by atoms with E-state index >= 15 is 0 Å². The van der Waals surface area contributed by atoms with Crippen molar-refractivity contribution in [3.63, 3.8) is 0 Å². The molecule has 0 radical (unpaired) electrons. The summed E-state index contributed by atoms with van der Waals surface area (Å²) in [6.07, 6.45) is 8.39. The highest BCUT2D eigenvalue weighted by Gasteiger charge is 2.42. The molecule has 4 rings (SSSR count). The summed E-state index contributed by atoms with van der Waals surface area (Å²) in [6.45, 7) is 1.33. The SMILES string of the molecule is O=C(N1CCCC(c2noc(C3CC3)n2)C1)C1(O)CCCCC1. The number of aromatic nitrogens is 2. The van der Waals surface area contributed by atoms with E-state index in [0.29, 0.717) is 25.3 Å². The molecule has 2 heterocycles. The highest BCUT2D eigenvalue weighted by molar-refractivity contribution is 5.85. The molecule has 0 aromatic carbocycles. The topological polar surface area (TPSA) is 79.5 Å². The second-order valence-corrected chi connectivity index (χ2v) is 7.45. The Kier molecular flexibility index (Phi) is 3.87. The average Bonchev–Trinajstić information content (AvgIpc) is 3.32. The van der Waals surface area contributed by atoms with Crippen LogP contribution in [0.4, 0.5) is 0 Å². The van der Waals surface area contributed by atoms with Crippen LogP contribution in [0.25, 0.3) is 0 Å². The predicted octanol–water partition coefficient (Wildman–Crippen LogP) is 2.35. The van der Waals surface area contributed by atoms with Crippen molar-refractivity contribution < 1.29 is 14.4 Å². The van der Waals surface area contributed by atoms with Gasteiger partial charge in [-0.3, -0.25) is 4.79 Å². The van der Waals surface area contributed by atoms with Gasteiger partial charge in [-0.1, -0.05) is 24.4 Å². The number of nitrogens with zero attached hydrogens (tertiary/aromatic N) is 3. The molecule has 3 aliphatic rings. The van der Waals surface area contributed by atoms with Gasteiger partial charge in [-0.05, 0) is 38.5 Å². The van der Waals surface area contributed by atoms with E-state index in [1.807, 2.05) is 4.90 Å². The smallest absolute Gasteiger partial charge is 0.254 e. The number of carbonyl (C=O) groups is 1. The van der Waals surface area contributed by atoms with Crippen molar-refractivity contribution in [2.24, 2.45) is 0 Å². The molecule has 3 fully saturated rings. The van der Waals surface area contributed by atoms with E-state index in [4.69, 9.17) is 4.52 Å². The van der Waals surface area contributed by atoms with Gasteiger partial charge in [-0.25, -0.2) is 0 Å². The number of aliphatic hydroxyl groups is 1. The van der Waals surface area contributed by atoms with Crippen molar-refractivity contribution in [1.82, 2.24) is 15.0 Å². The normalized spacial score (nSPS) is 27.9. The van der Waals surface area contributed by atoms with Crippen LogP contribution < -0.4 is 0 Å². The van der Waals surface area contributed by atoms with Gasteiger partial charge in [0.05, 0.1) is 0 Å². The fourth-order valence-corrected chi connectivity index (χ4v) is 3.93. The molecule has 1 saturated heterocycles. The third-order valence-corrected chi connectivity index (χ3v) is 5.54. The number of piperidine rings is 1. The summed E-state index contributed by atoms with van der Waals surface area (Å²) in [5.74, 6) is 2.00. The highest BCUT2D eigenvalue weighted by atomic mass is 16.5. The molecule has 0 bridgehead atoms. The van der Waals surface area contributed by atoms with Gasteiger partial charge in [-0.15, -0.1) is 0 Å². The number of amides is 1. The van der Waals surface area contributed by atoms with Crippen LogP contribution in [0.15, 0.2) is 4.52 Å². The number of likely N-dealkylation sites (tertiary alicyclic amines) is 1. The Morgan fingerprint density at radius 2 is 1.91 bits per heavy atom. The fourth-order valence-electron chi connectivity index (χ4n) is 3.93. The van der Waals surface area contributed by atoms with Crippen LogP contribution in [0.5, 0.6) is 0 Å². The lowest BCUT2D eigenvalue weighted by molar-refractivity contribution is -0.156. The minimum absolute atomic E-state index is 0.0900. The van der Waals surface area contributed by atoms with Crippen LogP contribution >= 0.6 is 0 Å². The number of rotatable bonds is 3. The van der Waals surface area contributed by atoms with Crippen LogP contribution in [-0.4, -0.2) is 44.7 Å². The first kappa shape index (κ1) is 15.1. The average molecular weight is 319 g/mol. The zero-order chi connectivity index (χ0) is 15.9. The van der Waals surface area contributed by atoms with Crippen molar-refractivity contribution in [2.75, 3.05) is 13.1 Å². The zero-order valence-corrected chi connectivity index (χ0v) is 13.5. The maximum atomic E-state index is 12.8. The molecule has 1 atom stereocenters. The Labute approximate surface area is 136 Å². The quantitative estimate of drug-likeness (QED) is 0.925. The molecule has 23 heavy (non-hydrogen) atoms.